The van der Waals surface area contributed by atoms with Crippen LogP contribution in [0.2, 0.25) is 5.02 Å². The molecule has 0 radical (unpaired) electrons. The third-order valence-corrected chi connectivity index (χ3v) is 6.44. The largest absolute Gasteiger partial charge is 0.507 e. The predicted molar refractivity (Wildman–Crippen MR) is 132 cm³/mol. The van der Waals surface area contributed by atoms with E-state index in [0.717, 1.165) is 16.5 Å². The number of halogens is 1. The van der Waals surface area contributed by atoms with Crippen LogP contribution in [0.4, 0.5) is 5.69 Å². The maximum absolute atomic E-state index is 13.4. The first-order valence-electron chi connectivity index (χ1n) is 10.7. The Morgan fingerprint density at radius 2 is 1.71 bits per heavy atom. The van der Waals surface area contributed by atoms with E-state index in [4.69, 9.17) is 16.3 Å². The normalized spacial score (nSPS) is 17.5. The van der Waals surface area contributed by atoms with Gasteiger partial charge in [-0.05, 0) is 36.4 Å². The second-order valence-corrected chi connectivity index (χ2v) is 8.47. The van der Waals surface area contributed by atoms with Gasteiger partial charge >= 0.3 is 0 Å². The molecule has 1 aliphatic heterocycles. The molecule has 170 valence electrons. The number of anilines is 1. The van der Waals surface area contributed by atoms with Crippen molar-refractivity contribution in [1.29, 1.82) is 0 Å². The standard InChI is InChI=1S/C27H21ClN2O4/c1-29-15-19(18-10-6-7-11-21(18)29)24-23(25(31)16-12-13-20(28)22(14-16)34-2)26(32)27(33)30(24)17-8-4-3-5-9-17/h3-15,24,31H,1-2H3/b25-23+. The number of aryl methyl sites for hydroxylation is 1. The van der Waals surface area contributed by atoms with Crippen molar-refractivity contribution in [2.24, 2.45) is 7.05 Å². The highest BCUT2D eigenvalue weighted by molar-refractivity contribution is 6.52. The number of carbonyl (C=O) groups excluding carboxylic acids is 2. The molecule has 34 heavy (non-hydrogen) atoms. The third-order valence-electron chi connectivity index (χ3n) is 6.13. The molecule has 6 nitrogen and oxygen atoms in total. The Hall–Kier alpha value is -4.03. The lowest BCUT2D eigenvalue weighted by molar-refractivity contribution is -0.132. The molecule has 0 aliphatic carbocycles. The molecule has 4 aromatic rings. The first kappa shape index (κ1) is 21.8. The van der Waals surface area contributed by atoms with Crippen LogP contribution in [0.1, 0.15) is 17.2 Å². The Labute approximate surface area is 201 Å². The first-order valence-corrected chi connectivity index (χ1v) is 11.0. The Kier molecular flexibility index (Phi) is 5.38. The van der Waals surface area contributed by atoms with E-state index in [0.29, 0.717) is 22.0 Å². The van der Waals surface area contributed by atoms with Gasteiger partial charge in [0.1, 0.15) is 11.5 Å². The van der Waals surface area contributed by atoms with Crippen molar-refractivity contribution in [2.75, 3.05) is 12.0 Å². The van der Waals surface area contributed by atoms with E-state index in [9.17, 15) is 14.7 Å². The number of para-hydroxylation sites is 2. The third kappa shape index (κ3) is 3.35. The van der Waals surface area contributed by atoms with Crippen molar-refractivity contribution in [3.05, 3.63) is 101 Å². The molecule has 7 heteroatoms. The zero-order chi connectivity index (χ0) is 24.0. The lowest BCUT2D eigenvalue weighted by Gasteiger charge is -2.25. The van der Waals surface area contributed by atoms with Gasteiger partial charge in [-0.15, -0.1) is 0 Å². The molecule has 1 saturated heterocycles. The van der Waals surface area contributed by atoms with Gasteiger partial charge in [0, 0.05) is 41.0 Å². The monoisotopic (exact) mass is 472 g/mol. The van der Waals surface area contributed by atoms with Crippen molar-refractivity contribution >= 4 is 45.6 Å². The molecule has 1 amide bonds. The summed E-state index contributed by atoms with van der Waals surface area (Å²) < 4.78 is 7.22. The van der Waals surface area contributed by atoms with Gasteiger partial charge in [0.15, 0.2) is 0 Å². The summed E-state index contributed by atoms with van der Waals surface area (Å²) in [4.78, 5) is 28.2. The van der Waals surface area contributed by atoms with Gasteiger partial charge in [-0.1, -0.05) is 48.0 Å². The van der Waals surface area contributed by atoms with Crippen LogP contribution in [0.3, 0.4) is 0 Å². The van der Waals surface area contributed by atoms with Gasteiger partial charge in [-0.25, -0.2) is 0 Å². The molecule has 1 fully saturated rings. The first-order chi connectivity index (χ1) is 16.4. The number of amides is 1. The van der Waals surface area contributed by atoms with Crippen molar-refractivity contribution in [3.63, 3.8) is 0 Å². The molecule has 0 spiro atoms. The molecule has 1 aromatic heterocycles. The molecule has 1 N–H and O–H groups in total. The zero-order valence-corrected chi connectivity index (χ0v) is 19.3. The van der Waals surface area contributed by atoms with E-state index < -0.39 is 17.7 Å². The Balaban J connectivity index is 1.80. The number of fused-ring (bicyclic) bond motifs is 1. The number of rotatable bonds is 4. The van der Waals surface area contributed by atoms with E-state index >= 15 is 0 Å². The number of aliphatic hydroxyl groups is 1. The number of nitrogens with zero attached hydrogens (tertiary/aromatic N) is 2. The van der Waals surface area contributed by atoms with Crippen LogP contribution in [-0.4, -0.2) is 28.5 Å². The second kappa shape index (κ2) is 8.39. The number of aromatic nitrogens is 1. The predicted octanol–water partition coefficient (Wildman–Crippen LogP) is 5.47. The number of Topliss-reactive ketones (excluding diaryl/α,β-unsaturated/α-hetero) is 1. The fraction of sp³-hybridized carbons (Fsp3) is 0.111. The quantitative estimate of drug-likeness (QED) is 0.243. The summed E-state index contributed by atoms with van der Waals surface area (Å²) >= 11 is 6.15. The Bertz CT molecular complexity index is 1470. The maximum Gasteiger partial charge on any atom is 0.300 e. The zero-order valence-electron chi connectivity index (χ0n) is 18.5. The van der Waals surface area contributed by atoms with Gasteiger partial charge in [0.2, 0.25) is 0 Å². The summed E-state index contributed by atoms with van der Waals surface area (Å²) in [6, 6.07) is 20.6. The molecule has 1 unspecified atom stereocenters. The summed E-state index contributed by atoms with van der Waals surface area (Å²) in [5.74, 6) is -1.39. The van der Waals surface area contributed by atoms with E-state index in [-0.39, 0.29) is 11.3 Å². The van der Waals surface area contributed by atoms with Gasteiger partial charge in [0.05, 0.1) is 23.7 Å². The lowest BCUT2D eigenvalue weighted by atomic mass is 9.94. The molecule has 0 saturated carbocycles. The van der Waals surface area contributed by atoms with Crippen molar-refractivity contribution in [1.82, 2.24) is 4.57 Å². The molecule has 1 aliphatic rings. The highest BCUT2D eigenvalue weighted by Gasteiger charge is 2.47. The summed E-state index contributed by atoms with van der Waals surface area (Å²) in [6.45, 7) is 0. The van der Waals surface area contributed by atoms with Gasteiger partial charge in [-0.2, -0.15) is 0 Å². The number of ether oxygens (including phenoxy) is 1. The fourth-order valence-corrected chi connectivity index (χ4v) is 4.73. The van der Waals surface area contributed by atoms with Crippen molar-refractivity contribution in [3.8, 4) is 5.75 Å². The van der Waals surface area contributed by atoms with E-state index in [1.54, 1.807) is 42.5 Å². The van der Waals surface area contributed by atoms with Crippen LogP contribution in [0.5, 0.6) is 5.75 Å². The number of aliphatic hydroxyl groups excluding tert-OH is 1. The molecule has 0 bridgehead atoms. The number of carbonyl (C=O) groups is 2. The SMILES string of the molecule is COc1cc(/C(O)=C2\C(=O)C(=O)N(c3ccccc3)C2c2cn(C)c3ccccc23)ccc1Cl. The lowest BCUT2D eigenvalue weighted by Crippen LogP contribution is -2.29. The van der Waals surface area contributed by atoms with E-state index in [1.807, 2.05) is 48.1 Å². The number of methoxy groups -OCH3 is 1. The van der Waals surface area contributed by atoms with E-state index in [1.165, 1.54) is 12.0 Å². The fourth-order valence-electron chi connectivity index (χ4n) is 4.54. The van der Waals surface area contributed by atoms with Gasteiger partial charge < -0.3 is 14.4 Å². The molecule has 2 heterocycles. The molecular formula is C27H21ClN2O4. The second-order valence-electron chi connectivity index (χ2n) is 8.07. The minimum atomic E-state index is -0.824. The van der Waals surface area contributed by atoms with Gasteiger partial charge in [0.25, 0.3) is 11.7 Å². The summed E-state index contributed by atoms with van der Waals surface area (Å²) in [5.41, 5.74) is 2.59. The summed E-state index contributed by atoms with van der Waals surface area (Å²) in [7, 11) is 3.38. The topological polar surface area (TPSA) is 71.8 Å². The van der Waals surface area contributed by atoms with Gasteiger partial charge in [-0.3, -0.25) is 14.5 Å². The Morgan fingerprint density at radius 3 is 2.44 bits per heavy atom. The van der Waals surface area contributed by atoms with Crippen LogP contribution in [0, 0.1) is 0 Å². The molecule has 1 atom stereocenters. The minimum Gasteiger partial charge on any atom is -0.507 e. The van der Waals surface area contributed by atoms with Crippen molar-refractivity contribution in [2.45, 2.75) is 6.04 Å². The molecular weight excluding hydrogens is 452 g/mol. The highest BCUT2D eigenvalue weighted by Crippen LogP contribution is 2.45. The number of hydrogen-bond donors (Lipinski definition) is 1. The highest BCUT2D eigenvalue weighted by atomic mass is 35.5. The van der Waals surface area contributed by atoms with Crippen LogP contribution < -0.4 is 9.64 Å². The average molecular weight is 473 g/mol. The number of ketones is 1. The number of benzene rings is 3. The Morgan fingerprint density at radius 1 is 1.00 bits per heavy atom. The van der Waals surface area contributed by atoms with Crippen LogP contribution >= 0.6 is 11.6 Å². The summed E-state index contributed by atoms with van der Waals surface area (Å²) in [5, 5.41) is 12.6. The van der Waals surface area contributed by atoms with Crippen LogP contribution in [-0.2, 0) is 16.6 Å². The van der Waals surface area contributed by atoms with E-state index in [2.05, 4.69) is 0 Å². The smallest absolute Gasteiger partial charge is 0.300 e. The molecule has 3 aromatic carbocycles. The summed E-state index contributed by atoms with van der Waals surface area (Å²) in [6.07, 6.45) is 1.90. The number of hydrogen-bond acceptors (Lipinski definition) is 4. The van der Waals surface area contributed by atoms with Crippen LogP contribution in [0.25, 0.3) is 16.7 Å². The molecule has 5 rings (SSSR count). The average Bonchev–Trinajstić information content (AvgIpc) is 3.33. The van der Waals surface area contributed by atoms with Crippen molar-refractivity contribution < 1.29 is 19.4 Å². The van der Waals surface area contributed by atoms with Crippen LogP contribution in [0.15, 0.2) is 84.6 Å². The minimum absolute atomic E-state index is 0.00887. The maximum atomic E-state index is 13.4.